The van der Waals surface area contributed by atoms with E-state index in [1.807, 2.05) is 24.9 Å². The van der Waals surface area contributed by atoms with Gasteiger partial charge in [-0.15, -0.1) is 0 Å². The van der Waals surface area contributed by atoms with E-state index in [0.717, 1.165) is 17.1 Å². The Balaban J connectivity index is 2.24. The lowest BCUT2D eigenvalue weighted by Crippen LogP contribution is -2.21. The zero-order valence-electron chi connectivity index (χ0n) is 11.8. The second-order valence-corrected chi connectivity index (χ2v) is 4.64. The van der Waals surface area contributed by atoms with Gasteiger partial charge < -0.3 is 20.5 Å². The summed E-state index contributed by atoms with van der Waals surface area (Å²) in [6.45, 7) is 2.40. The van der Waals surface area contributed by atoms with Gasteiger partial charge in [0.25, 0.3) is 5.91 Å². The fourth-order valence-corrected chi connectivity index (χ4v) is 1.98. The smallest absolute Gasteiger partial charge is 0.251 e. The maximum Gasteiger partial charge on any atom is 0.251 e. The van der Waals surface area contributed by atoms with Crippen molar-refractivity contribution in [2.45, 2.75) is 13.5 Å². The molecule has 0 aliphatic heterocycles. The summed E-state index contributed by atoms with van der Waals surface area (Å²) in [6, 6.07) is 7.06. The highest BCUT2D eigenvalue weighted by atomic mass is 16.5. The van der Waals surface area contributed by atoms with Crippen LogP contribution in [0.25, 0.3) is 0 Å². The van der Waals surface area contributed by atoms with Crippen LogP contribution in [-0.4, -0.2) is 25.2 Å². The molecule has 2 aromatic rings. The number of aryl methyl sites for hydroxylation is 1. The number of carbonyl (C=O) groups is 1. The monoisotopic (exact) mass is 274 g/mol. The van der Waals surface area contributed by atoms with Crippen molar-refractivity contribution in [3.05, 3.63) is 41.3 Å². The van der Waals surface area contributed by atoms with Crippen molar-refractivity contribution in [2.24, 2.45) is 0 Å². The first-order chi connectivity index (χ1) is 9.51. The van der Waals surface area contributed by atoms with E-state index >= 15 is 0 Å². The first kappa shape index (κ1) is 13.9. The molecule has 0 radical (unpaired) electrons. The number of nitrogen functional groups attached to an aromatic ring is 1. The SMILES string of the molecule is CNC(=O)c1ccc(N)c(N(C)Cc2cc(C)on2)c1. The van der Waals surface area contributed by atoms with Gasteiger partial charge in [-0.05, 0) is 25.1 Å². The molecule has 2 rings (SSSR count). The molecule has 0 bridgehead atoms. The number of hydrogen-bond acceptors (Lipinski definition) is 5. The predicted molar refractivity (Wildman–Crippen MR) is 77.6 cm³/mol. The Labute approximate surface area is 117 Å². The van der Waals surface area contributed by atoms with Gasteiger partial charge in [0.2, 0.25) is 0 Å². The van der Waals surface area contributed by atoms with E-state index in [1.54, 1.807) is 25.2 Å². The molecular formula is C14H18N4O2. The number of nitrogens with zero attached hydrogens (tertiary/aromatic N) is 2. The number of amides is 1. The fraction of sp³-hybridized carbons (Fsp3) is 0.286. The van der Waals surface area contributed by atoms with E-state index in [1.165, 1.54) is 0 Å². The molecule has 0 aliphatic rings. The van der Waals surface area contributed by atoms with E-state index in [-0.39, 0.29) is 5.91 Å². The minimum atomic E-state index is -0.142. The third kappa shape index (κ3) is 2.90. The summed E-state index contributed by atoms with van der Waals surface area (Å²) in [4.78, 5) is 13.6. The average molecular weight is 274 g/mol. The largest absolute Gasteiger partial charge is 0.397 e. The average Bonchev–Trinajstić information content (AvgIpc) is 2.83. The van der Waals surface area contributed by atoms with Gasteiger partial charge in [-0.3, -0.25) is 4.79 Å². The Morgan fingerprint density at radius 2 is 2.20 bits per heavy atom. The molecule has 0 atom stereocenters. The highest BCUT2D eigenvalue weighted by molar-refractivity contribution is 5.96. The normalized spacial score (nSPS) is 10.3. The summed E-state index contributed by atoms with van der Waals surface area (Å²) in [5.41, 5.74) is 8.75. The fourth-order valence-electron chi connectivity index (χ4n) is 1.98. The van der Waals surface area contributed by atoms with Crippen molar-refractivity contribution in [1.29, 1.82) is 0 Å². The third-order valence-corrected chi connectivity index (χ3v) is 3.01. The van der Waals surface area contributed by atoms with Gasteiger partial charge in [0.1, 0.15) is 11.5 Å². The van der Waals surface area contributed by atoms with Crippen molar-refractivity contribution in [2.75, 3.05) is 24.7 Å². The first-order valence-electron chi connectivity index (χ1n) is 6.26. The molecule has 6 heteroatoms. The zero-order valence-corrected chi connectivity index (χ0v) is 11.8. The molecule has 1 heterocycles. The molecule has 1 aromatic heterocycles. The van der Waals surface area contributed by atoms with Gasteiger partial charge in [0.15, 0.2) is 0 Å². The molecule has 0 fully saturated rings. The summed E-state index contributed by atoms with van der Waals surface area (Å²) in [6.07, 6.45) is 0. The van der Waals surface area contributed by atoms with E-state index in [9.17, 15) is 4.79 Å². The lowest BCUT2D eigenvalue weighted by Gasteiger charge is -2.20. The Bertz CT molecular complexity index is 621. The number of carbonyl (C=O) groups excluding carboxylic acids is 1. The van der Waals surface area contributed by atoms with Crippen molar-refractivity contribution < 1.29 is 9.32 Å². The molecular weight excluding hydrogens is 256 g/mol. The van der Waals surface area contributed by atoms with Crippen LogP contribution in [0.15, 0.2) is 28.8 Å². The number of benzene rings is 1. The van der Waals surface area contributed by atoms with Crippen molar-refractivity contribution in [3.63, 3.8) is 0 Å². The quantitative estimate of drug-likeness (QED) is 0.827. The number of nitrogens with two attached hydrogens (primary N) is 1. The first-order valence-corrected chi connectivity index (χ1v) is 6.26. The third-order valence-electron chi connectivity index (χ3n) is 3.01. The Kier molecular flexibility index (Phi) is 3.93. The van der Waals surface area contributed by atoms with E-state index in [0.29, 0.717) is 17.8 Å². The molecule has 1 aromatic carbocycles. The Morgan fingerprint density at radius 3 is 2.80 bits per heavy atom. The van der Waals surface area contributed by atoms with E-state index in [2.05, 4.69) is 10.5 Å². The minimum Gasteiger partial charge on any atom is -0.397 e. The van der Waals surface area contributed by atoms with Crippen molar-refractivity contribution in [1.82, 2.24) is 10.5 Å². The molecule has 1 amide bonds. The number of nitrogens with one attached hydrogen (secondary N) is 1. The molecule has 20 heavy (non-hydrogen) atoms. The molecule has 0 aliphatic carbocycles. The number of hydrogen-bond donors (Lipinski definition) is 2. The Morgan fingerprint density at radius 1 is 1.45 bits per heavy atom. The summed E-state index contributed by atoms with van der Waals surface area (Å²) >= 11 is 0. The topological polar surface area (TPSA) is 84.4 Å². The summed E-state index contributed by atoms with van der Waals surface area (Å²) in [7, 11) is 3.49. The number of aromatic nitrogens is 1. The second kappa shape index (κ2) is 5.64. The second-order valence-electron chi connectivity index (χ2n) is 4.64. The van der Waals surface area contributed by atoms with Crippen LogP contribution in [0.4, 0.5) is 11.4 Å². The molecule has 0 saturated carbocycles. The molecule has 0 saturated heterocycles. The summed E-state index contributed by atoms with van der Waals surface area (Å²) in [5.74, 6) is 0.623. The van der Waals surface area contributed by atoms with Crippen LogP contribution in [0.3, 0.4) is 0 Å². The lowest BCUT2D eigenvalue weighted by molar-refractivity contribution is 0.0963. The molecule has 6 nitrogen and oxygen atoms in total. The zero-order chi connectivity index (χ0) is 14.7. The molecule has 3 N–H and O–H groups in total. The van der Waals surface area contributed by atoms with Gasteiger partial charge in [-0.1, -0.05) is 5.16 Å². The lowest BCUT2D eigenvalue weighted by atomic mass is 10.1. The maximum absolute atomic E-state index is 11.7. The number of rotatable bonds is 4. The van der Waals surface area contributed by atoms with E-state index in [4.69, 9.17) is 10.3 Å². The van der Waals surface area contributed by atoms with Gasteiger partial charge in [-0.25, -0.2) is 0 Å². The van der Waals surface area contributed by atoms with Crippen LogP contribution in [-0.2, 0) is 6.54 Å². The van der Waals surface area contributed by atoms with E-state index < -0.39 is 0 Å². The van der Waals surface area contributed by atoms with Crippen LogP contribution in [0.5, 0.6) is 0 Å². The standard InChI is InChI=1S/C14H18N4O2/c1-9-6-11(17-20-9)8-18(3)13-7-10(14(19)16-2)4-5-12(13)15/h4-7H,8,15H2,1-3H3,(H,16,19). The highest BCUT2D eigenvalue weighted by Gasteiger charge is 2.12. The van der Waals surface area contributed by atoms with Crippen molar-refractivity contribution >= 4 is 17.3 Å². The van der Waals surface area contributed by atoms with Gasteiger partial charge in [0, 0.05) is 25.7 Å². The Hall–Kier alpha value is -2.50. The van der Waals surface area contributed by atoms with Crippen molar-refractivity contribution in [3.8, 4) is 0 Å². The van der Waals surface area contributed by atoms with Gasteiger partial charge in [0.05, 0.1) is 17.9 Å². The van der Waals surface area contributed by atoms with Crippen LogP contribution < -0.4 is 16.0 Å². The summed E-state index contributed by atoms with van der Waals surface area (Å²) in [5, 5.41) is 6.54. The van der Waals surface area contributed by atoms with Crippen LogP contribution in [0, 0.1) is 6.92 Å². The molecule has 0 spiro atoms. The van der Waals surface area contributed by atoms with Crippen LogP contribution in [0.2, 0.25) is 0 Å². The minimum absolute atomic E-state index is 0.142. The summed E-state index contributed by atoms with van der Waals surface area (Å²) < 4.78 is 5.04. The van der Waals surface area contributed by atoms with Crippen LogP contribution >= 0.6 is 0 Å². The van der Waals surface area contributed by atoms with Gasteiger partial charge >= 0.3 is 0 Å². The molecule has 0 unspecified atom stereocenters. The highest BCUT2D eigenvalue weighted by Crippen LogP contribution is 2.25. The maximum atomic E-state index is 11.7. The van der Waals surface area contributed by atoms with Gasteiger partial charge in [-0.2, -0.15) is 0 Å². The van der Waals surface area contributed by atoms with Crippen LogP contribution in [0.1, 0.15) is 21.8 Å². The molecule has 106 valence electrons. The number of anilines is 2. The predicted octanol–water partition coefficient (Wildman–Crippen LogP) is 1.56.